The van der Waals surface area contributed by atoms with Crippen LogP contribution in [0.4, 0.5) is 0 Å². The van der Waals surface area contributed by atoms with Crippen molar-refractivity contribution in [2.45, 2.75) is 24.8 Å². The number of hydrogen-bond acceptors (Lipinski definition) is 4. The predicted octanol–water partition coefficient (Wildman–Crippen LogP) is 1.17. The number of nitrogens with zero attached hydrogens (tertiary/aromatic N) is 1. The Hall–Kier alpha value is -1.07. The second kappa shape index (κ2) is 4.66. The zero-order valence-electron chi connectivity index (χ0n) is 9.37. The van der Waals surface area contributed by atoms with Crippen molar-refractivity contribution in [3.8, 4) is 0 Å². The van der Waals surface area contributed by atoms with Crippen molar-refractivity contribution in [2.75, 3.05) is 5.75 Å². The highest BCUT2D eigenvalue weighted by molar-refractivity contribution is 7.79. The number of allylic oxidation sites excluding steroid dienone is 3. The van der Waals surface area contributed by atoms with Crippen LogP contribution in [-0.2, 0) is 15.9 Å². The molecule has 92 valence electrons. The normalized spacial score (nSPS) is 31.6. The van der Waals surface area contributed by atoms with E-state index in [1.165, 1.54) is 0 Å². The molecule has 2 aliphatic rings. The molecule has 1 aliphatic carbocycles. The van der Waals surface area contributed by atoms with Gasteiger partial charge in [-0.15, -0.1) is 0 Å². The van der Waals surface area contributed by atoms with E-state index in [-0.39, 0.29) is 5.75 Å². The van der Waals surface area contributed by atoms with Crippen molar-refractivity contribution < 1.29 is 13.6 Å². The van der Waals surface area contributed by atoms with Crippen molar-refractivity contribution in [3.05, 3.63) is 24.3 Å². The Morgan fingerprint density at radius 3 is 2.65 bits per heavy atom. The molecular formula is C12H14NO3S-. The Kier molecular flexibility index (Phi) is 3.40. The molecule has 0 bridgehead atoms. The van der Waals surface area contributed by atoms with Crippen molar-refractivity contribution in [2.24, 2.45) is 10.4 Å². The molecule has 0 N–H and O–H groups in total. The largest absolute Gasteiger partial charge is 0.772 e. The third-order valence-corrected chi connectivity index (χ3v) is 4.33. The molecule has 0 radical (unpaired) electrons. The van der Waals surface area contributed by atoms with E-state index >= 15 is 0 Å². The topological polar surface area (TPSA) is 69.6 Å². The van der Waals surface area contributed by atoms with Crippen molar-refractivity contribution in [3.63, 3.8) is 0 Å². The molecule has 4 nitrogen and oxygen atoms in total. The van der Waals surface area contributed by atoms with Crippen LogP contribution in [0, 0.1) is 5.41 Å². The van der Waals surface area contributed by atoms with Crippen LogP contribution in [0.25, 0.3) is 0 Å². The highest BCUT2D eigenvalue weighted by Crippen LogP contribution is 2.50. The summed E-state index contributed by atoms with van der Waals surface area (Å²) in [7, 11) is 0. The van der Waals surface area contributed by atoms with Gasteiger partial charge < -0.3 is 9.35 Å². The van der Waals surface area contributed by atoms with E-state index in [1.807, 2.05) is 0 Å². The van der Waals surface area contributed by atoms with E-state index in [9.17, 15) is 13.6 Å². The van der Waals surface area contributed by atoms with Gasteiger partial charge in [-0.05, 0) is 18.9 Å². The van der Waals surface area contributed by atoms with Crippen molar-refractivity contribution in [1.29, 1.82) is 0 Å². The first-order valence-electron chi connectivity index (χ1n) is 5.56. The summed E-state index contributed by atoms with van der Waals surface area (Å²) in [6, 6.07) is 0. The van der Waals surface area contributed by atoms with Crippen LogP contribution >= 0.6 is 0 Å². The first-order chi connectivity index (χ1) is 8.14. The lowest BCUT2D eigenvalue weighted by atomic mass is 9.58. The monoisotopic (exact) mass is 252 g/mol. The second-order valence-electron chi connectivity index (χ2n) is 4.52. The average Bonchev–Trinajstić information content (AvgIpc) is 2.42. The first-order valence-corrected chi connectivity index (χ1v) is 6.80. The lowest BCUT2D eigenvalue weighted by Crippen LogP contribution is -2.54. The minimum Gasteiger partial charge on any atom is -0.772 e. The molecule has 0 aromatic heterocycles. The van der Waals surface area contributed by atoms with Gasteiger partial charge in [0.25, 0.3) is 0 Å². The molecule has 1 aliphatic heterocycles. The maximum Gasteiger partial charge on any atom is 0.128 e. The van der Waals surface area contributed by atoms with Crippen LogP contribution in [0.3, 0.4) is 0 Å². The molecule has 0 saturated heterocycles. The van der Waals surface area contributed by atoms with Gasteiger partial charge >= 0.3 is 0 Å². The highest BCUT2D eigenvalue weighted by Gasteiger charge is 2.53. The van der Waals surface area contributed by atoms with E-state index in [0.717, 1.165) is 12.7 Å². The van der Waals surface area contributed by atoms with Crippen LogP contribution in [0.2, 0.25) is 0 Å². The van der Waals surface area contributed by atoms with Gasteiger partial charge in [-0.25, -0.2) is 0 Å². The summed E-state index contributed by atoms with van der Waals surface area (Å²) in [4.78, 5) is 15.7. The summed E-state index contributed by atoms with van der Waals surface area (Å²) in [6.45, 7) is 0. The second-order valence-corrected chi connectivity index (χ2v) is 5.42. The molecule has 1 heterocycles. The number of carbonyl (C=O) groups excluding carboxylic acids is 1. The zero-order chi connectivity index (χ0) is 12.4. The maximum atomic E-state index is 11.4. The third kappa shape index (κ3) is 2.05. The number of hydrogen-bond donors (Lipinski definition) is 0. The van der Waals surface area contributed by atoms with Crippen LogP contribution in [0.5, 0.6) is 0 Å². The highest BCUT2D eigenvalue weighted by atomic mass is 32.2. The standard InChI is InChI=1S/C12H15NO3S/c14-9-11(5-4-6-11)12(10-17(15)16)7-2-1-3-8-13-12/h1-3,7-9H,4-6,10H2,(H,15,16)/p-1. The van der Waals surface area contributed by atoms with Crippen molar-refractivity contribution >= 4 is 23.6 Å². The minimum absolute atomic E-state index is 0.138. The van der Waals surface area contributed by atoms with Crippen LogP contribution < -0.4 is 0 Å². The molecule has 0 aromatic carbocycles. The molecule has 1 saturated carbocycles. The Labute approximate surface area is 103 Å². The van der Waals surface area contributed by atoms with Crippen LogP contribution in [0.15, 0.2) is 29.3 Å². The van der Waals surface area contributed by atoms with Gasteiger partial charge in [-0.1, -0.05) is 35.7 Å². The predicted molar refractivity (Wildman–Crippen MR) is 65.6 cm³/mol. The Bertz CT molecular complexity index is 405. The summed E-state index contributed by atoms with van der Waals surface area (Å²) < 4.78 is 22.1. The van der Waals surface area contributed by atoms with Gasteiger partial charge in [0.1, 0.15) is 11.8 Å². The van der Waals surface area contributed by atoms with Crippen molar-refractivity contribution in [1.82, 2.24) is 0 Å². The third-order valence-electron chi connectivity index (χ3n) is 3.66. The molecule has 0 amide bonds. The summed E-state index contributed by atoms with van der Waals surface area (Å²) in [5, 5.41) is 0. The van der Waals surface area contributed by atoms with Crippen LogP contribution in [0.1, 0.15) is 19.3 Å². The first kappa shape index (κ1) is 12.4. The van der Waals surface area contributed by atoms with E-state index in [0.29, 0.717) is 12.8 Å². The maximum absolute atomic E-state index is 11.4. The zero-order valence-corrected chi connectivity index (χ0v) is 10.2. The lowest BCUT2D eigenvalue weighted by Gasteiger charge is -2.49. The average molecular weight is 252 g/mol. The van der Waals surface area contributed by atoms with E-state index in [4.69, 9.17) is 0 Å². The smallest absolute Gasteiger partial charge is 0.128 e. The van der Waals surface area contributed by atoms with E-state index in [2.05, 4.69) is 4.99 Å². The van der Waals surface area contributed by atoms with Gasteiger partial charge in [0.15, 0.2) is 0 Å². The fraction of sp³-hybridized carbons (Fsp3) is 0.500. The summed E-state index contributed by atoms with van der Waals surface area (Å²) in [5.74, 6) is -0.138. The van der Waals surface area contributed by atoms with Gasteiger partial charge in [0.05, 0.1) is 5.41 Å². The molecule has 1 fully saturated rings. The Morgan fingerprint density at radius 2 is 2.12 bits per heavy atom. The molecule has 17 heavy (non-hydrogen) atoms. The minimum atomic E-state index is -2.23. The van der Waals surface area contributed by atoms with Gasteiger partial charge in [-0.2, -0.15) is 0 Å². The molecule has 5 heteroatoms. The Balaban J connectivity index is 2.42. The van der Waals surface area contributed by atoms with E-state index in [1.54, 1.807) is 30.5 Å². The molecule has 0 spiro atoms. The summed E-state index contributed by atoms with van der Waals surface area (Å²) >= 11 is -2.23. The molecular weight excluding hydrogens is 238 g/mol. The fourth-order valence-electron chi connectivity index (χ4n) is 2.46. The summed E-state index contributed by atoms with van der Waals surface area (Å²) in [6.07, 6.45) is 11.9. The quantitative estimate of drug-likeness (QED) is 0.557. The SMILES string of the molecule is O=CC1(C2(CS(=O)[O-])C=CC=CC=N2)CCC1. The number of aliphatic imine (C=N–C) groups is 1. The fourth-order valence-corrected chi connectivity index (χ4v) is 3.28. The molecule has 2 rings (SSSR count). The summed E-state index contributed by atoms with van der Waals surface area (Å²) in [5.41, 5.74) is -1.57. The number of rotatable bonds is 4. The number of aldehydes is 1. The number of carbonyl (C=O) groups is 1. The molecule has 2 unspecified atom stereocenters. The molecule has 0 aromatic rings. The van der Waals surface area contributed by atoms with Gasteiger partial charge in [-0.3, -0.25) is 9.20 Å². The lowest BCUT2D eigenvalue weighted by molar-refractivity contribution is -0.123. The molecule has 2 atom stereocenters. The Morgan fingerprint density at radius 1 is 1.35 bits per heavy atom. The van der Waals surface area contributed by atoms with E-state index < -0.39 is 22.0 Å². The van der Waals surface area contributed by atoms with Crippen LogP contribution in [-0.4, -0.2) is 32.6 Å². The van der Waals surface area contributed by atoms with Gasteiger partial charge in [0, 0.05) is 12.0 Å². The van der Waals surface area contributed by atoms with Gasteiger partial charge in [0.2, 0.25) is 0 Å².